The van der Waals surface area contributed by atoms with E-state index in [1.54, 1.807) is 25.9 Å². The van der Waals surface area contributed by atoms with Crippen LogP contribution in [-0.2, 0) is 4.79 Å². The van der Waals surface area contributed by atoms with Crippen molar-refractivity contribution in [2.75, 3.05) is 14.1 Å². The Balaban J connectivity index is 2.72. The van der Waals surface area contributed by atoms with Crippen molar-refractivity contribution in [3.63, 3.8) is 0 Å². The summed E-state index contributed by atoms with van der Waals surface area (Å²) in [4.78, 5) is 26.6. The second-order valence-electron chi connectivity index (χ2n) is 5.60. The summed E-state index contributed by atoms with van der Waals surface area (Å²) in [6.07, 6.45) is 4.95. The van der Waals surface area contributed by atoms with Crippen LogP contribution >= 0.6 is 0 Å². The van der Waals surface area contributed by atoms with Crippen LogP contribution in [0.2, 0.25) is 0 Å². The molecule has 3 atom stereocenters. The number of carboxylic acid groups (broad SMARTS) is 1. The highest BCUT2D eigenvalue weighted by atomic mass is 16.4. The van der Waals surface area contributed by atoms with Crippen LogP contribution in [0.25, 0.3) is 0 Å². The van der Waals surface area contributed by atoms with Crippen molar-refractivity contribution < 1.29 is 14.7 Å². The first-order chi connectivity index (χ1) is 8.90. The minimum absolute atomic E-state index is 0.187. The van der Waals surface area contributed by atoms with Crippen LogP contribution in [0.4, 0.5) is 4.79 Å². The molecule has 5 heteroatoms. The summed E-state index contributed by atoms with van der Waals surface area (Å²) >= 11 is 0. The molecule has 19 heavy (non-hydrogen) atoms. The minimum Gasteiger partial charge on any atom is -0.480 e. The zero-order valence-corrected chi connectivity index (χ0v) is 12.4. The van der Waals surface area contributed by atoms with E-state index in [2.05, 4.69) is 6.92 Å². The molecule has 0 saturated heterocycles. The molecule has 0 aromatic carbocycles. The van der Waals surface area contributed by atoms with E-state index in [4.69, 9.17) is 5.11 Å². The maximum Gasteiger partial charge on any atom is 0.326 e. The third-order valence-corrected chi connectivity index (χ3v) is 4.31. The van der Waals surface area contributed by atoms with E-state index in [-0.39, 0.29) is 12.1 Å². The van der Waals surface area contributed by atoms with Gasteiger partial charge in [-0.2, -0.15) is 0 Å². The third kappa shape index (κ3) is 3.61. The number of hydrogen-bond acceptors (Lipinski definition) is 2. The molecule has 1 aliphatic carbocycles. The first-order valence-corrected chi connectivity index (χ1v) is 7.12. The number of amides is 2. The molecule has 1 aliphatic rings. The van der Waals surface area contributed by atoms with Gasteiger partial charge in [-0.15, -0.1) is 0 Å². The van der Waals surface area contributed by atoms with E-state index in [1.807, 2.05) is 0 Å². The number of likely N-dealkylation sites (N-methyl/N-ethyl adjacent to an activating group) is 1. The van der Waals surface area contributed by atoms with E-state index in [0.717, 1.165) is 19.3 Å². The summed E-state index contributed by atoms with van der Waals surface area (Å²) in [5.74, 6) is -0.454. The highest BCUT2D eigenvalue weighted by molar-refractivity contribution is 5.82. The molecule has 2 amide bonds. The summed E-state index contributed by atoms with van der Waals surface area (Å²) in [7, 11) is 3.37. The summed E-state index contributed by atoms with van der Waals surface area (Å²) < 4.78 is 0. The number of rotatable bonds is 4. The number of nitrogens with zero attached hydrogens (tertiary/aromatic N) is 2. The van der Waals surface area contributed by atoms with Gasteiger partial charge in [0.2, 0.25) is 0 Å². The Morgan fingerprint density at radius 2 is 1.84 bits per heavy atom. The van der Waals surface area contributed by atoms with Crippen LogP contribution in [0.15, 0.2) is 0 Å². The maximum absolute atomic E-state index is 12.4. The highest BCUT2D eigenvalue weighted by Crippen LogP contribution is 2.28. The number of aliphatic carboxylic acids is 1. The SMILES string of the molecule is CCC(C(=O)O)N(C)C(=O)N(C)C1CCCCC1C. The van der Waals surface area contributed by atoms with Gasteiger partial charge in [-0.25, -0.2) is 9.59 Å². The van der Waals surface area contributed by atoms with E-state index in [0.29, 0.717) is 12.3 Å². The summed E-state index contributed by atoms with van der Waals surface area (Å²) in [6.45, 7) is 3.95. The molecule has 110 valence electrons. The fraction of sp³-hybridized carbons (Fsp3) is 0.857. The van der Waals surface area contributed by atoms with Gasteiger partial charge in [-0.1, -0.05) is 26.7 Å². The monoisotopic (exact) mass is 270 g/mol. The lowest BCUT2D eigenvalue weighted by Gasteiger charge is -2.39. The largest absolute Gasteiger partial charge is 0.480 e. The quantitative estimate of drug-likeness (QED) is 0.853. The van der Waals surface area contributed by atoms with Crippen LogP contribution in [0.1, 0.15) is 46.0 Å². The average Bonchev–Trinajstić information content (AvgIpc) is 2.37. The standard InChI is InChI=1S/C14H26N2O3/c1-5-11(13(17)18)15(3)14(19)16(4)12-9-7-6-8-10(12)2/h10-12H,5-9H2,1-4H3,(H,17,18). The van der Waals surface area contributed by atoms with Gasteiger partial charge in [0.15, 0.2) is 0 Å². The number of hydrogen-bond donors (Lipinski definition) is 1. The normalized spacial score (nSPS) is 24.6. The Kier molecular flexibility index (Phi) is 5.63. The van der Waals surface area contributed by atoms with Gasteiger partial charge in [-0.05, 0) is 25.2 Å². The molecular formula is C14H26N2O3. The van der Waals surface area contributed by atoms with Crippen LogP contribution in [0, 0.1) is 5.92 Å². The van der Waals surface area contributed by atoms with E-state index in [9.17, 15) is 9.59 Å². The molecule has 1 rings (SSSR count). The lowest BCUT2D eigenvalue weighted by molar-refractivity contribution is -0.142. The second-order valence-corrected chi connectivity index (χ2v) is 5.60. The molecule has 0 spiro atoms. The molecule has 3 unspecified atom stereocenters. The zero-order valence-electron chi connectivity index (χ0n) is 12.4. The predicted octanol–water partition coefficient (Wildman–Crippen LogP) is 2.41. The van der Waals surface area contributed by atoms with Crippen LogP contribution in [0.5, 0.6) is 0 Å². The van der Waals surface area contributed by atoms with Gasteiger partial charge in [0.1, 0.15) is 6.04 Å². The van der Waals surface area contributed by atoms with E-state index < -0.39 is 12.0 Å². The van der Waals surface area contributed by atoms with Crippen molar-refractivity contribution in [3.8, 4) is 0 Å². The van der Waals surface area contributed by atoms with Gasteiger partial charge in [0, 0.05) is 20.1 Å². The Hall–Kier alpha value is -1.26. The average molecular weight is 270 g/mol. The minimum atomic E-state index is -0.941. The molecular weight excluding hydrogens is 244 g/mol. The molecule has 0 bridgehead atoms. The fourth-order valence-corrected chi connectivity index (χ4v) is 3.01. The Morgan fingerprint density at radius 1 is 1.26 bits per heavy atom. The van der Waals surface area contributed by atoms with Crippen molar-refractivity contribution >= 4 is 12.0 Å². The zero-order chi connectivity index (χ0) is 14.6. The topological polar surface area (TPSA) is 60.9 Å². The van der Waals surface area contributed by atoms with Gasteiger partial charge in [0.25, 0.3) is 0 Å². The Bertz CT molecular complexity index is 333. The summed E-state index contributed by atoms with van der Waals surface area (Å²) in [5, 5.41) is 9.12. The molecule has 0 aliphatic heterocycles. The molecule has 0 radical (unpaired) electrons. The summed E-state index contributed by atoms with van der Waals surface area (Å²) in [6, 6.07) is -0.697. The highest BCUT2D eigenvalue weighted by Gasteiger charge is 2.32. The maximum atomic E-state index is 12.4. The van der Waals surface area contributed by atoms with Crippen LogP contribution in [-0.4, -0.2) is 53.1 Å². The third-order valence-electron chi connectivity index (χ3n) is 4.31. The molecule has 1 saturated carbocycles. The van der Waals surface area contributed by atoms with E-state index >= 15 is 0 Å². The number of carbonyl (C=O) groups is 2. The fourth-order valence-electron chi connectivity index (χ4n) is 3.01. The van der Waals surface area contributed by atoms with Crippen molar-refractivity contribution in [2.24, 2.45) is 5.92 Å². The second kappa shape index (κ2) is 6.78. The van der Waals surface area contributed by atoms with E-state index in [1.165, 1.54) is 11.3 Å². The van der Waals surface area contributed by atoms with Crippen LogP contribution < -0.4 is 0 Å². The van der Waals surface area contributed by atoms with Crippen molar-refractivity contribution in [2.45, 2.75) is 58.0 Å². The van der Waals surface area contributed by atoms with Crippen LogP contribution in [0.3, 0.4) is 0 Å². The Morgan fingerprint density at radius 3 is 2.32 bits per heavy atom. The first-order valence-electron chi connectivity index (χ1n) is 7.12. The lowest BCUT2D eigenvalue weighted by atomic mass is 9.85. The molecule has 0 aromatic heterocycles. The van der Waals surface area contributed by atoms with Gasteiger partial charge in [0.05, 0.1) is 0 Å². The molecule has 1 fully saturated rings. The van der Waals surface area contributed by atoms with Gasteiger partial charge in [-0.3, -0.25) is 0 Å². The predicted molar refractivity (Wildman–Crippen MR) is 74.1 cm³/mol. The van der Waals surface area contributed by atoms with Gasteiger partial charge >= 0.3 is 12.0 Å². The first kappa shape index (κ1) is 15.8. The molecule has 1 N–H and O–H groups in total. The lowest BCUT2D eigenvalue weighted by Crippen LogP contribution is -2.52. The smallest absolute Gasteiger partial charge is 0.326 e. The van der Waals surface area contributed by atoms with Crippen molar-refractivity contribution in [3.05, 3.63) is 0 Å². The number of carbonyl (C=O) groups excluding carboxylic acids is 1. The molecule has 5 nitrogen and oxygen atoms in total. The summed E-state index contributed by atoms with van der Waals surface area (Å²) in [5.41, 5.74) is 0. The number of urea groups is 1. The molecule has 0 aromatic rings. The van der Waals surface area contributed by atoms with Crippen molar-refractivity contribution in [1.82, 2.24) is 9.80 Å². The number of carboxylic acids is 1. The molecule has 0 heterocycles. The Labute approximate surface area is 115 Å². The van der Waals surface area contributed by atoms with Crippen molar-refractivity contribution in [1.29, 1.82) is 0 Å². The van der Waals surface area contributed by atoms with Gasteiger partial charge < -0.3 is 14.9 Å².